The Bertz CT molecular complexity index is 422. The summed E-state index contributed by atoms with van der Waals surface area (Å²) in [5, 5.41) is 0. The third-order valence-corrected chi connectivity index (χ3v) is 3.18. The van der Waals surface area contributed by atoms with Gasteiger partial charge in [-0.2, -0.15) is 0 Å². The molecule has 1 amide bonds. The maximum atomic E-state index is 11.9. The number of anilines is 1. The minimum Gasteiger partial charge on any atom is -0.393 e. The van der Waals surface area contributed by atoms with Crippen LogP contribution in [0.3, 0.4) is 0 Å². The van der Waals surface area contributed by atoms with Crippen LogP contribution in [0.4, 0.5) is 5.69 Å². The molecule has 1 aromatic rings. The standard InChI is InChI=1S/C14H21N3OS/c1-16(12-6-4-3-5-7-12)11-9-14(18)17(2)10-8-13(15)19/h3-7H,8-11H2,1-2H3,(H2,15,19). The molecule has 0 aliphatic rings. The van der Waals surface area contributed by atoms with E-state index in [1.165, 1.54) is 0 Å². The van der Waals surface area contributed by atoms with E-state index >= 15 is 0 Å². The molecule has 104 valence electrons. The molecule has 0 bridgehead atoms. The highest BCUT2D eigenvalue weighted by Gasteiger charge is 2.10. The van der Waals surface area contributed by atoms with Gasteiger partial charge in [-0.1, -0.05) is 30.4 Å². The van der Waals surface area contributed by atoms with Gasteiger partial charge < -0.3 is 15.5 Å². The zero-order chi connectivity index (χ0) is 14.3. The minimum atomic E-state index is 0.110. The second-order valence-electron chi connectivity index (χ2n) is 4.54. The van der Waals surface area contributed by atoms with E-state index in [0.717, 1.165) is 5.69 Å². The average molecular weight is 279 g/mol. The molecular weight excluding hydrogens is 258 g/mol. The van der Waals surface area contributed by atoms with E-state index < -0.39 is 0 Å². The summed E-state index contributed by atoms with van der Waals surface area (Å²) in [5.41, 5.74) is 6.54. The van der Waals surface area contributed by atoms with Gasteiger partial charge in [0.1, 0.15) is 0 Å². The molecule has 0 saturated carbocycles. The second kappa shape index (κ2) is 7.74. The van der Waals surface area contributed by atoms with Crippen LogP contribution in [0.5, 0.6) is 0 Å². The van der Waals surface area contributed by atoms with Gasteiger partial charge in [0, 0.05) is 45.7 Å². The third kappa shape index (κ3) is 5.70. The van der Waals surface area contributed by atoms with Crippen molar-refractivity contribution < 1.29 is 4.79 Å². The predicted octanol–water partition coefficient (Wildman–Crippen LogP) is 1.65. The highest BCUT2D eigenvalue weighted by molar-refractivity contribution is 7.80. The van der Waals surface area contributed by atoms with Crippen LogP contribution in [-0.4, -0.2) is 43.0 Å². The number of hydrogen-bond acceptors (Lipinski definition) is 3. The molecule has 19 heavy (non-hydrogen) atoms. The van der Waals surface area contributed by atoms with Crippen molar-refractivity contribution in [3.8, 4) is 0 Å². The molecule has 0 atom stereocenters. The van der Waals surface area contributed by atoms with E-state index in [2.05, 4.69) is 4.90 Å². The first-order chi connectivity index (χ1) is 9.00. The van der Waals surface area contributed by atoms with E-state index in [-0.39, 0.29) is 5.91 Å². The summed E-state index contributed by atoms with van der Waals surface area (Å²) in [6.45, 7) is 1.28. The first-order valence-corrected chi connectivity index (χ1v) is 6.70. The Kier molecular flexibility index (Phi) is 6.29. The lowest BCUT2D eigenvalue weighted by Crippen LogP contribution is -2.32. The SMILES string of the molecule is CN(CCC(N)=S)C(=O)CCN(C)c1ccccc1. The van der Waals surface area contributed by atoms with Crippen molar-refractivity contribution in [2.45, 2.75) is 12.8 Å². The Balaban J connectivity index is 2.35. The quantitative estimate of drug-likeness (QED) is 0.771. The van der Waals surface area contributed by atoms with E-state index in [1.54, 1.807) is 11.9 Å². The zero-order valence-electron chi connectivity index (χ0n) is 11.5. The Morgan fingerprint density at radius 2 is 1.79 bits per heavy atom. The monoisotopic (exact) mass is 279 g/mol. The highest BCUT2D eigenvalue weighted by atomic mass is 32.1. The molecule has 2 N–H and O–H groups in total. The number of nitrogens with zero attached hydrogens (tertiary/aromatic N) is 2. The minimum absolute atomic E-state index is 0.110. The fourth-order valence-electron chi connectivity index (χ4n) is 1.67. The maximum absolute atomic E-state index is 11.9. The first-order valence-electron chi connectivity index (χ1n) is 6.29. The molecule has 0 aliphatic heterocycles. The van der Waals surface area contributed by atoms with Gasteiger partial charge in [-0.15, -0.1) is 0 Å². The predicted molar refractivity (Wildman–Crippen MR) is 83.4 cm³/mol. The first kappa shape index (κ1) is 15.4. The molecule has 0 spiro atoms. The number of nitrogens with two attached hydrogens (primary N) is 1. The van der Waals surface area contributed by atoms with Crippen LogP contribution in [-0.2, 0) is 4.79 Å². The molecule has 0 heterocycles. The van der Waals surface area contributed by atoms with Crippen LogP contribution in [0.1, 0.15) is 12.8 Å². The lowest BCUT2D eigenvalue weighted by molar-refractivity contribution is -0.129. The van der Waals surface area contributed by atoms with Crippen LogP contribution in [0.25, 0.3) is 0 Å². The van der Waals surface area contributed by atoms with E-state index in [9.17, 15) is 4.79 Å². The van der Waals surface area contributed by atoms with Crippen molar-refractivity contribution in [3.63, 3.8) is 0 Å². The Morgan fingerprint density at radius 1 is 1.16 bits per heavy atom. The summed E-state index contributed by atoms with van der Waals surface area (Å²) in [5.74, 6) is 0.110. The van der Waals surface area contributed by atoms with E-state index in [4.69, 9.17) is 18.0 Å². The topological polar surface area (TPSA) is 49.6 Å². The lowest BCUT2D eigenvalue weighted by atomic mass is 10.2. The summed E-state index contributed by atoms with van der Waals surface area (Å²) in [4.78, 5) is 16.1. The van der Waals surface area contributed by atoms with Crippen molar-refractivity contribution in [2.24, 2.45) is 5.73 Å². The third-order valence-electron chi connectivity index (χ3n) is 2.98. The molecule has 0 unspecified atom stereocenters. The molecule has 0 radical (unpaired) electrons. The molecule has 5 heteroatoms. The van der Waals surface area contributed by atoms with Crippen molar-refractivity contribution in [2.75, 3.05) is 32.1 Å². The maximum Gasteiger partial charge on any atom is 0.224 e. The summed E-state index contributed by atoms with van der Waals surface area (Å²) in [7, 11) is 3.76. The van der Waals surface area contributed by atoms with Gasteiger partial charge in [-0.05, 0) is 12.1 Å². The number of rotatable bonds is 7. The Hall–Kier alpha value is -1.62. The van der Waals surface area contributed by atoms with Gasteiger partial charge in [0.05, 0.1) is 4.99 Å². The van der Waals surface area contributed by atoms with Crippen molar-refractivity contribution in [1.29, 1.82) is 0 Å². The Morgan fingerprint density at radius 3 is 2.37 bits per heavy atom. The van der Waals surface area contributed by atoms with Crippen molar-refractivity contribution >= 4 is 28.8 Å². The van der Waals surface area contributed by atoms with Gasteiger partial charge in [0.15, 0.2) is 0 Å². The van der Waals surface area contributed by atoms with Gasteiger partial charge in [0.2, 0.25) is 5.91 Å². The zero-order valence-corrected chi connectivity index (χ0v) is 12.3. The van der Waals surface area contributed by atoms with Gasteiger partial charge in [-0.3, -0.25) is 4.79 Å². The number of carbonyl (C=O) groups excluding carboxylic acids is 1. The largest absolute Gasteiger partial charge is 0.393 e. The van der Waals surface area contributed by atoms with Crippen LogP contribution in [0.15, 0.2) is 30.3 Å². The van der Waals surface area contributed by atoms with Gasteiger partial charge in [-0.25, -0.2) is 0 Å². The molecule has 1 aromatic carbocycles. The van der Waals surface area contributed by atoms with Crippen LogP contribution in [0, 0.1) is 0 Å². The molecule has 0 aliphatic carbocycles. The fourth-order valence-corrected chi connectivity index (χ4v) is 1.76. The number of para-hydroxylation sites is 1. The molecular formula is C14H21N3OS. The number of benzene rings is 1. The fraction of sp³-hybridized carbons (Fsp3) is 0.429. The van der Waals surface area contributed by atoms with Gasteiger partial charge >= 0.3 is 0 Å². The molecule has 4 nitrogen and oxygen atoms in total. The normalized spacial score (nSPS) is 10.0. The Labute approximate surface area is 120 Å². The average Bonchev–Trinajstić information content (AvgIpc) is 2.42. The highest BCUT2D eigenvalue weighted by Crippen LogP contribution is 2.11. The van der Waals surface area contributed by atoms with Crippen LogP contribution < -0.4 is 10.6 Å². The molecule has 0 aromatic heterocycles. The molecule has 0 saturated heterocycles. The van der Waals surface area contributed by atoms with Crippen LogP contribution >= 0.6 is 12.2 Å². The number of carbonyl (C=O) groups is 1. The number of thiocarbonyl (C=S) groups is 1. The summed E-state index contributed by atoms with van der Waals surface area (Å²) >= 11 is 4.80. The van der Waals surface area contributed by atoms with Crippen molar-refractivity contribution in [3.05, 3.63) is 30.3 Å². The lowest BCUT2D eigenvalue weighted by Gasteiger charge is -2.21. The number of hydrogen-bond donors (Lipinski definition) is 1. The molecule has 1 rings (SSSR count). The van der Waals surface area contributed by atoms with Gasteiger partial charge in [0.25, 0.3) is 0 Å². The van der Waals surface area contributed by atoms with E-state index in [1.807, 2.05) is 37.4 Å². The van der Waals surface area contributed by atoms with E-state index in [0.29, 0.717) is 30.9 Å². The summed E-state index contributed by atoms with van der Waals surface area (Å²) < 4.78 is 0. The smallest absolute Gasteiger partial charge is 0.224 e. The summed E-state index contributed by atoms with van der Waals surface area (Å²) in [6.07, 6.45) is 1.06. The van der Waals surface area contributed by atoms with Crippen molar-refractivity contribution in [1.82, 2.24) is 4.90 Å². The van der Waals surface area contributed by atoms with Crippen LogP contribution in [0.2, 0.25) is 0 Å². The second-order valence-corrected chi connectivity index (χ2v) is 5.06. The number of amides is 1. The summed E-state index contributed by atoms with van der Waals surface area (Å²) in [6, 6.07) is 10.0. The molecule has 0 fully saturated rings.